The number of hydrogen-bond acceptors (Lipinski definition) is 6. The van der Waals surface area contributed by atoms with E-state index in [9.17, 15) is 14.7 Å². The van der Waals surface area contributed by atoms with Gasteiger partial charge in [0.1, 0.15) is 5.75 Å². The van der Waals surface area contributed by atoms with Gasteiger partial charge in [-0.1, -0.05) is 37.6 Å². The summed E-state index contributed by atoms with van der Waals surface area (Å²) in [5, 5.41) is 11.5. The highest BCUT2D eigenvalue weighted by atomic mass is 16.5. The standard InChI is InChI=1S/C25H25NO6/c1-4-5-12-26-21(15-8-6-10-17(13-15)30-2)20(23(28)25(26)29)22(27)19-14-16-9-7-11-18(31-3)24(16)32-19/h6-11,13-14,21,28H,4-5,12H2,1-3H3. The monoisotopic (exact) mass is 435 g/mol. The molecule has 0 spiro atoms. The molecule has 0 aliphatic carbocycles. The van der Waals surface area contributed by atoms with Crippen molar-refractivity contribution in [1.29, 1.82) is 0 Å². The number of Topliss-reactive ketones (excluding diaryl/α,β-unsaturated/α-hetero) is 1. The highest BCUT2D eigenvalue weighted by molar-refractivity contribution is 6.16. The van der Waals surface area contributed by atoms with Gasteiger partial charge < -0.3 is 23.9 Å². The molecule has 0 radical (unpaired) electrons. The third-order valence-corrected chi connectivity index (χ3v) is 5.66. The number of amides is 1. The van der Waals surface area contributed by atoms with Crippen molar-refractivity contribution in [3.05, 3.63) is 71.2 Å². The number of furan rings is 1. The molecule has 4 rings (SSSR count). The van der Waals surface area contributed by atoms with Gasteiger partial charge in [-0.2, -0.15) is 0 Å². The lowest BCUT2D eigenvalue weighted by molar-refractivity contribution is -0.129. The van der Waals surface area contributed by atoms with E-state index in [-0.39, 0.29) is 11.3 Å². The fourth-order valence-corrected chi connectivity index (χ4v) is 4.04. The van der Waals surface area contributed by atoms with Crippen LogP contribution in [0.2, 0.25) is 0 Å². The number of carbonyl (C=O) groups excluding carboxylic acids is 2. The molecule has 2 aromatic carbocycles. The molecule has 1 aliphatic heterocycles. The van der Waals surface area contributed by atoms with Gasteiger partial charge in [0, 0.05) is 11.9 Å². The third-order valence-electron chi connectivity index (χ3n) is 5.66. The molecule has 0 saturated heterocycles. The van der Waals surface area contributed by atoms with Crippen LogP contribution >= 0.6 is 0 Å². The maximum Gasteiger partial charge on any atom is 0.290 e. The lowest BCUT2D eigenvalue weighted by Crippen LogP contribution is -2.32. The molecule has 32 heavy (non-hydrogen) atoms. The molecule has 2 heterocycles. The van der Waals surface area contributed by atoms with Gasteiger partial charge in [-0.3, -0.25) is 9.59 Å². The number of ether oxygens (including phenoxy) is 2. The van der Waals surface area contributed by atoms with E-state index in [2.05, 4.69) is 0 Å². The molecule has 1 aliphatic rings. The molecular formula is C25H25NO6. The lowest BCUT2D eigenvalue weighted by Gasteiger charge is -2.26. The molecule has 7 heteroatoms. The fraction of sp³-hybridized carbons (Fsp3) is 0.280. The zero-order chi connectivity index (χ0) is 22.8. The molecule has 3 aromatic rings. The van der Waals surface area contributed by atoms with Crippen LogP contribution < -0.4 is 9.47 Å². The van der Waals surface area contributed by atoms with Gasteiger partial charge in [0.2, 0.25) is 5.78 Å². The molecule has 1 amide bonds. The fourth-order valence-electron chi connectivity index (χ4n) is 4.04. The van der Waals surface area contributed by atoms with Crippen molar-refractivity contribution in [2.24, 2.45) is 0 Å². The summed E-state index contributed by atoms with van der Waals surface area (Å²) in [5.41, 5.74) is 1.11. The van der Waals surface area contributed by atoms with Crippen molar-refractivity contribution < 1.29 is 28.6 Å². The van der Waals surface area contributed by atoms with E-state index in [1.54, 1.807) is 49.6 Å². The first-order chi connectivity index (χ1) is 15.5. The summed E-state index contributed by atoms with van der Waals surface area (Å²) in [6.07, 6.45) is 1.60. The van der Waals surface area contributed by atoms with Crippen molar-refractivity contribution in [2.75, 3.05) is 20.8 Å². The second kappa shape index (κ2) is 8.78. The zero-order valence-electron chi connectivity index (χ0n) is 18.3. The first kappa shape index (κ1) is 21.5. The summed E-state index contributed by atoms with van der Waals surface area (Å²) in [6, 6.07) is 13.4. The number of rotatable bonds is 8. The summed E-state index contributed by atoms with van der Waals surface area (Å²) in [6.45, 7) is 2.42. The Hall–Kier alpha value is -3.74. The van der Waals surface area contributed by atoms with Crippen LogP contribution in [0.15, 0.2) is 64.3 Å². The number of nitrogens with zero attached hydrogens (tertiary/aromatic N) is 1. The van der Waals surface area contributed by atoms with E-state index in [1.165, 1.54) is 12.0 Å². The van der Waals surface area contributed by atoms with Crippen molar-refractivity contribution in [3.8, 4) is 11.5 Å². The van der Waals surface area contributed by atoms with Crippen LogP contribution in [0.25, 0.3) is 11.0 Å². The van der Waals surface area contributed by atoms with E-state index in [1.807, 2.05) is 13.0 Å². The zero-order valence-corrected chi connectivity index (χ0v) is 18.3. The molecule has 0 bridgehead atoms. The number of fused-ring (bicyclic) bond motifs is 1. The van der Waals surface area contributed by atoms with Crippen molar-refractivity contribution in [2.45, 2.75) is 25.8 Å². The number of carbonyl (C=O) groups is 2. The second-order valence-electron chi connectivity index (χ2n) is 7.61. The minimum absolute atomic E-state index is 0.00243. The molecule has 1 atom stereocenters. The van der Waals surface area contributed by atoms with E-state index in [0.29, 0.717) is 34.6 Å². The maximum absolute atomic E-state index is 13.6. The van der Waals surface area contributed by atoms with Crippen LogP contribution in [-0.2, 0) is 4.79 Å². The topological polar surface area (TPSA) is 89.2 Å². The summed E-state index contributed by atoms with van der Waals surface area (Å²) in [4.78, 5) is 28.1. The van der Waals surface area contributed by atoms with Crippen LogP contribution in [-0.4, -0.2) is 42.5 Å². The Bertz CT molecular complexity index is 1210. The number of hydrogen-bond donors (Lipinski definition) is 1. The summed E-state index contributed by atoms with van der Waals surface area (Å²) in [7, 11) is 3.07. The van der Waals surface area contributed by atoms with Gasteiger partial charge in [-0.15, -0.1) is 0 Å². The normalized spacial score (nSPS) is 16.2. The van der Waals surface area contributed by atoms with Crippen molar-refractivity contribution in [1.82, 2.24) is 4.90 Å². The average Bonchev–Trinajstić information content (AvgIpc) is 3.36. The molecule has 0 saturated carbocycles. The van der Waals surface area contributed by atoms with Crippen molar-refractivity contribution in [3.63, 3.8) is 0 Å². The first-order valence-corrected chi connectivity index (χ1v) is 10.5. The quantitative estimate of drug-likeness (QED) is 0.510. The Kier molecular flexibility index (Phi) is 5.90. The SMILES string of the molecule is CCCCN1C(=O)C(O)=C(C(=O)c2cc3cccc(OC)c3o2)C1c1cccc(OC)c1. The predicted octanol–water partition coefficient (Wildman–Crippen LogP) is 4.83. The van der Waals surface area contributed by atoms with Crippen LogP contribution in [0.5, 0.6) is 11.5 Å². The molecule has 166 valence electrons. The second-order valence-corrected chi connectivity index (χ2v) is 7.61. The van der Waals surface area contributed by atoms with Gasteiger partial charge in [-0.25, -0.2) is 0 Å². The smallest absolute Gasteiger partial charge is 0.290 e. The largest absolute Gasteiger partial charge is 0.503 e. The molecule has 1 aromatic heterocycles. The van der Waals surface area contributed by atoms with E-state index >= 15 is 0 Å². The Morgan fingerprint density at radius 3 is 2.62 bits per heavy atom. The summed E-state index contributed by atoms with van der Waals surface area (Å²) >= 11 is 0. The average molecular weight is 435 g/mol. The first-order valence-electron chi connectivity index (χ1n) is 10.5. The molecule has 1 unspecified atom stereocenters. The molecule has 7 nitrogen and oxygen atoms in total. The van der Waals surface area contributed by atoms with Gasteiger partial charge in [0.25, 0.3) is 5.91 Å². The number of aliphatic hydroxyl groups excluding tert-OH is 1. The van der Waals surface area contributed by atoms with E-state index < -0.39 is 23.5 Å². The molecule has 1 N–H and O–H groups in total. The van der Waals surface area contributed by atoms with Crippen LogP contribution in [0.4, 0.5) is 0 Å². The minimum Gasteiger partial charge on any atom is -0.503 e. The van der Waals surface area contributed by atoms with Crippen LogP contribution in [0.3, 0.4) is 0 Å². The number of methoxy groups -OCH3 is 2. The van der Waals surface area contributed by atoms with Gasteiger partial charge in [0.05, 0.1) is 25.8 Å². The van der Waals surface area contributed by atoms with E-state index in [0.717, 1.165) is 12.8 Å². The number of aliphatic hydroxyl groups is 1. The van der Waals surface area contributed by atoms with Crippen molar-refractivity contribution >= 4 is 22.7 Å². The number of unbranched alkanes of at least 4 members (excludes halogenated alkanes) is 1. The van der Waals surface area contributed by atoms with Gasteiger partial charge >= 0.3 is 0 Å². The third kappa shape index (κ3) is 3.60. The van der Waals surface area contributed by atoms with Crippen LogP contribution in [0, 0.1) is 0 Å². The lowest BCUT2D eigenvalue weighted by atomic mass is 9.94. The Morgan fingerprint density at radius 1 is 1.12 bits per heavy atom. The molecular weight excluding hydrogens is 410 g/mol. The van der Waals surface area contributed by atoms with E-state index in [4.69, 9.17) is 13.9 Å². The van der Waals surface area contributed by atoms with Gasteiger partial charge in [0.15, 0.2) is 22.9 Å². The molecule has 0 fully saturated rings. The number of para-hydroxylation sites is 1. The number of ketones is 1. The Balaban J connectivity index is 1.82. The number of benzene rings is 2. The maximum atomic E-state index is 13.6. The predicted molar refractivity (Wildman–Crippen MR) is 119 cm³/mol. The Morgan fingerprint density at radius 2 is 1.91 bits per heavy atom. The van der Waals surface area contributed by atoms with Crippen LogP contribution in [0.1, 0.15) is 41.9 Å². The van der Waals surface area contributed by atoms with Gasteiger partial charge in [-0.05, 0) is 36.2 Å². The summed E-state index contributed by atoms with van der Waals surface area (Å²) < 4.78 is 16.5. The Labute approximate surface area is 185 Å². The minimum atomic E-state index is -0.744. The highest BCUT2D eigenvalue weighted by Gasteiger charge is 2.44. The summed E-state index contributed by atoms with van der Waals surface area (Å²) in [5.74, 6) is -0.534. The highest BCUT2D eigenvalue weighted by Crippen LogP contribution is 2.41.